The van der Waals surface area contributed by atoms with Crippen LogP contribution in [-0.2, 0) is 0 Å². The highest BCUT2D eigenvalue weighted by molar-refractivity contribution is 6.20. The number of fused-ring (bicyclic) bond motifs is 7. The molecule has 11 rings (SSSR count). The molecule has 4 heterocycles. The molecule has 0 aliphatic rings. The first kappa shape index (κ1) is 29.4. The highest BCUT2D eigenvalue weighted by atomic mass is 15.2. The molecule has 0 saturated heterocycles. The van der Waals surface area contributed by atoms with Gasteiger partial charge in [-0.3, -0.25) is 4.57 Å². The van der Waals surface area contributed by atoms with Crippen molar-refractivity contribution in [1.29, 1.82) is 0 Å². The molecule has 0 radical (unpaired) electrons. The summed E-state index contributed by atoms with van der Waals surface area (Å²) in [7, 11) is 0. The van der Waals surface area contributed by atoms with Crippen LogP contribution in [0.3, 0.4) is 0 Å². The number of para-hydroxylation sites is 3. The molecule has 0 spiro atoms. The largest absolute Gasteiger partial charge is 0.317 e. The van der Waals surface area contributed by atoms with Crippen LogP contribution < -0.4 is 0 Å². The van der Waals surface area contributed by atoms with E-state index in [1.807, 2.05) is 36.4 Å². The average molecular weight is 679 g/mol. The van der Waals surface area contributed by atoms with Crippen LogP contribution in [0.15, 0.2) is 182 Å². The summed E-state index contributed by atoms with van der Waals surface area (Å²) in [5.74, 6) is 1.83. The summed E-state index contributed by atoms with van der Waals surface area (Å²) >= 11 is 0. The molecule has 0 fully saturated rings. The van der Waals surface area contributed by atoms with Gasteiger partial charge in [0.05, 0.1) is 27.6 Å². The predicted molar refractivity (Wildman–Crippen MR) is 216 cm³/mol. The van der Waals surface area contributed by atoms with Gasteiger partial charge in [0, 0.05) is 55.6 Å². The van der Waals surface area contributed by atoms with Crippen LogP contribution in [0.2, 0.25) is 0 Å². The van der Waals surface area contributed by atoms with Crippen molar-refractivity contribution in [3.63, 3.8) is 0 Å². The second-order valence-corrected chi connectivity index (χ2v) is 13.4. The molecule has 7 aromatic carbocycles. The van der Waals surface area contributed by atoms with Crippen molar-refractivity contribution >= 4 is 54.5 Å². The number of benzene rings is 7. The SMILES string of the molecule is c1ccc(-c2nc(-c3ccccc3)nc(-n3c4cc5ccn(-c6ccccc6)c5cc4c4cc5c(cc43)c3ccccc3n5-c3ccccc3)n2)cc1. The maximum atomic E-state index is 5.23. The van der Waals surface area contributed by atoms with Gasteiger partial charge in [-0.05, 0) is 60.7 Å². The topological polar surface area (TPSA) is 53.5 Å². The lowest BCUT2D eigenvalue weighted by atomic mass is 10.1. The monoisotopic (exact) mass is 678 g/mol. The number of hydrogen-bond acceptors (Lipinski definition) is 3. The van der Waals surface area contributed by atoms with Gasteiger partial charge in [0.15, 0.2) is 11.6 Å². The Morgan fingerprint density at radius 2 is 0.830 bits per heavy atom. The normalized spacial score (nSPS) is 11.8. The van der Waals surface area contributed by atoms with Crippen molar-refractivity contribution in [3.8, 4) is 40.1 Å². The standard InChI is InChI=1S/C47H30N6/c1-5-15-31(16-6-1)45-48-46(32-17-7-2-8-18-32)50-47(49-45)53-42-27-33-25-26-51(34-19-9-3-10-20-34)41(33)28-38(42)39-30-43-37(29-44(39)53)36-23-13-14-24-40(36)52(43)35-21-11-4-12-22-35/h1-30H. The van der Waals surface area contributed by atoms with Crippen LogP contribution in [0.1, 0.15) is 0 Å². The van der Waals surface area contributed by atoms with Gasteiger partial charge in [0.1, 0.15) is 0 Å². The smallest absolute Gasteiger partial charge is 0.238 e. The number of rotatable bonds is 5. The summed E-state index contributed by atoms with van der Waals surface area (Å²) in [6, 6.07) is 61.6. The van der Waals surface area contributed by atoms with E-state index in [0.29, 0.717) is 17.6 Å². The summed E-state index contributed by atoms with van der Waals surface area (Å²) in [5.41, 5.74) is 9.63. The fraction of sp³-hybridized carbons (Fsp3) is 0. The minimum atomic E-state index is 0.575. The van der Waals surface area contributed by atoms with Gasteiger partial charge in [0.25, 0.3) is 0 Å². The number of hydrogen-bond donors (Lipinski definition) is 0. The second kappa shape index (κ2) is 11.6. The Bertz CT molecular complexity index is 3080. The van der Waals surface area contributed by atoms with E-state index in [4.69, 9.17) is 15.0 Å². The molecular weight excluding hydrogens is 649 g/mol. The number of nitrogens with zero attached hydrogens (tertiary/aromatic N) is 6. The predicted octanol–water partition coefficient (Wildman–Crippen LogP) is 11.3. The second-order valence-electron chi connectivity index (χ2n) is 13.4. The zero-order chi connectivity index (χ0) is 34.9. The van der Waals surface area contributed by atoms with Crippen LogP contribution in [-0.4, -0.2) is 28.7 Å². The van der Waals surface area contributed by atoms with Gasteiger partial charge >= 0.3 is 0 Å². The van der Waals surface area contributed by atoms with Crippen molar-refractivity contribution in [2.75, 3.05) is 0 Å². The van der Waals surface area contributed by atoms with E-state index in [2.05, 4.69) is 159 Å². The Balaban J connectivity index is 1.29. The van der Waals surface area contributed by atoms with Crippen LogP contribution in [0.25, 0.3) is 94.6 Å². The van der Waals surface area contributed by atoms with Gasteiger partial charge in [-0.1, -0.05) is 115 Å². The zero-order valence-corrected chi connectivity index (χ0v) is 28.5. The molecule has 11 aromatic rings. The zero-order valence-electron chi connectivity index (χ0n) is 28.5. The van der Waals surface area contributed by atoms with Crippen molar-refractivity contribution in [2.24, 2.45) is 0 Å². The molecule has 53 heavy (non-hydrogen) atoms. The quantitative estimate of drug-likeness (QED) is 0.182. The molecule has 0 bridgehead atoms. The summed E-state index contributed by atoms with van der Waals surface area (Å²) in [5, 5.41) is 5.74. The maximum Gasteiger partial charge on any atom is 0.238 e. The molecule has 0 aliphatic carbocycles. The molecule has 0 aliphatic heterocycles. The van der Waals surface area contributed by atoms with Crippen LogP contribution in [0.4, 0.5) is 0 Å². The summed E-state index contributed by atoms with van der Waals surface area (Å²) in [6.45, 7) is 0. The number of aromatic nitrogens is 6. The Morgan fingerprint density at radius 3 is 1.47 bits per heavy atom. The third-order valence-corrected chi connectivity index (χ3v) is 10.3. The van der Waals surface area contributed by atoms with E-state index in [9.17, 15) is 0 Å². The molecule has 6 nitrogen and oxygen atoms in total. The Labute approximate surface area is 304 Å². The summed E-state index contributed by atoms with van der Waals surface area (Å²) in [6.07, 6.45) is 2.15. The highest BCUT2D eigenvalue weighted by Crippen LogP contribution is 2.41. The highest BCUT2D eigenvalue weighted by Gasteiger charge is 2.22. The first-order valence-corrected chi connectivity index (χ1v) is 17.8. The van der Waals surface area contributed by atoms with Gasteiger partial charge in [0.2, 0.25) is 5.95 Å². The van der Waals surface area contributed by atoms with E-state index < -0.39 is 0 Å². The molecule has 0 N–H and O–H groups in total. The van der Waals surface area contributed by atoms with Crippen LogP contribution in [0.5, 0.6) is 0 Å². The van der Waals surface area contributed by atoms with Gasteiger partial charge in [-0.25, -0.2) is 4.98 Å². The van der Waals surface area contributed by atoms with E-state index in [1.165, 1.54) is 10.8 Å². The molecule has 0 saturated carbocycles. The lowest BCUT2D eigenvalue weighted by Gasteiger charge is -2.11. The van der Waals surface area contributed by atoms with E-state index in [1.54, 1.807) is 0 Å². The van der Waals surface area contributed by atoms with Crippen LogP contribution in [0, 0.1) is 0 Å². The Kier molecular flexibility index (Phi) is 6.45. The third kappa shape index (κ3) is 4.63. The first-order valence-electron chi connectivity index (χ1n) is 17.8. The van der Waals surface area contributed by atoms with E-state index in [0.717, 1.165) is 66.2 Å². The fourth-order valence-corrected chi connectivity index (χ4v) is 7.89. The van der Waals surface area contributed by atoms with Crippen molar-refractivity contribution in [2.45, 2.75) is 0 Å². The minimum Gasteiger partial charge on any atom is -0.317 e. The van der Waals surface area contributed by atoms with Crippen LogP contribution >= 0.6 is 0 Å². The summed E-state index contributed by atoms with van der Waals surface area (Å²) < 4.78 is 6.88. The lowest BCUT2D eigenvalue weighted by molar-refractivity contribution is 0.954. The van der Waals surface area contributed by atoms with Crippen molar-refractivity contribution in [1.82, 2.24) is 28.7 Å². The van der Waals surface area contributed by atoms with Gasteiger partial charge < -0.3 is 9.13 Å². The Morgan fingerprint density at radius 1 is 0.340 bits per heavy atom. The maximum absolute atomic E-state index is 5.23. The first-order chi connectivity index (χ1) is 26.3. The molecular formula is C47H30N6. The molecule has 248 valence electrons. The molecule has 0 unspecified atom stereocenters. The van der Waals surface area contributed by atoms with Gasteiger partial charge in [-0.15, -0.1) is 0 Å². The van der Waals surface area contributed by atoms with Crippen molar-refractivity contribution < 1.29 is 0 Å². The molecule has 0 atom stereocenters. The fourth-order valence-electron chi connectivity index (χ4n) is 7.89. The van der Waals surface area contributed by atoms with Crippen molar-refractivity contribution in [3.05, 3.63) is 182 Å². The van der Waals surface area contributed by atoms with E-state index >= 15 is 0 Å². The summed E-state index contributed by atoms with van der Waals surface area (Å²) in [4.78, 5) is 15.5. The molecule has 0 amide bonds. The van der Waals surface area contributed by atoms with Gasteiger partial charge in [-0.2, -0.15) is 9.97 Å². The molecule has 6 heteroatoms. The average Bonchev–Trinajstić information content (AvgIpc) is 3.89. The Hall–Kier alpha value is -7.31. The lowest BCUT2D eigenvalue weighted by Crippen LogP contribution is -2.06. The minimum absolute atomic E-state index is 0.575. The van der Waals surface area contributed by atoms with E-state index in [-0.39, 0.29) is 0 Å². The molecule has 4 aromatic heterocycles. The third-order valence-electron chi connectivity index (χ3n) is 10.3.